The van der Waals surface area contributed by atoms with E-state index in [9.17, 15) is 9.59 Å². The molecule has 1 atom stereocenters. The van der Waals surface area contributed by atoms with E-state index >= 15 is 0 Å². The Morgan fingerprint density at radius 1 is 1.05 bits per heavy atom. The zero-order valence-corrected chi connectivity index (χ0v) is 22.5. The van der Waals surface area contributed by atoms with Crippen molar-refractivity contribution in [3.63, 3.8) is 0 Å². The van der Waals surface area contributed by atoms with Crippen LogP contribution < -0.4 is 19.8 Å². The van der Waals surface area contributed by atoms with Crippen LogP contribution in [0.5, 0.6) is 11.5 Å². The highest BCUT2D eigenvalue weighted by Crippen LogP contribution is 2.43. The Labute approximate surface area is 226 Å². The van der Waals surface area contributed by atoms with Crippen LogP contribution in [0.4, 0.5) is 5.82 Å². The van der Waals surface area contributed by atoms with Gasteiger partial charge in [-0.15, -0.1) is 0 Å². The lowest BCUT2D eigenvalue weighted by Crippen LogP contribution is -2.30. The van der Waals surface area contributed by atoms with E-state index in [0.29, 0.717) is 58.0 Å². The van der Waals surface area contributed by atoms with Gasteiger partial charge in [-0.3, -0.25) is 14.5 Å². The number of carbonyl (C=O) groups excluding carboxylic acids is 1. The molecule has 0 aliphatic carbocycles. The molecule has 2 aromatic carbocycles. The minimum atomic E-state index is -0.781. The van der Waals surface area contributed by atoms with Crippen LogP contribution in [0.3, 0.4) is 0 Å². The number of rotatable bonds is 8. The maximum Gasteiger partial charge on any atom is 0.296 e. The summed E-state index contributed by atoms with van der Waals surface area (Å²) >= 11 is 6.20. The van der Waals surface area contributed by atoms with Crippen LogP contribution in [0.15, 0.2) is 63.9 Å². The largest absolute Gasteiger partial charge is 0.490 e. The molecular weight excluding hydrogens is 504 g/mol. The Kier molecular flexibility index (Phi) is 7.13. The summed E-state index contributed by atoms with van der Waals surface area (Å²) in [6, 6.07) is 13.1. The number of aromatic nitrogens is 1. The van der Waals surface area contributed by atoms with Crippen molar-refractivity contribution >= 4 is 34.3 Å². The van der Waals surface area contributed by atoms with E-state index < -0.39 is 11.9 Å². The smallest absolute Gasteiger partial charge is 0.296 e. The summed E-state index contributed by atoms with van der Waals surface area (Å²) in [6.07, 6.45) is 2.59. The monoisotopic (exact) mass is 532 g/mol. The number of halogens is 1. The second kappa shape index (κ2) is 10.5. The van der Waals surface area contributed by atoms with E-state index in [2.05, 4.69) is 18.8 Å². The predicted molar refractivity (Wildman–Crippen MR) is 148 cm³/mol. The normalized spacial score (nSPS) is 14.8. The van der Waals surface area contributed by atoms with Gasteiger partial charge in [-0.2, -0.15) is 0 Å². The van der Waals surface area contributed by atoms with E-state index in [0.717, 1.165) is 12.0 Å². The Morgan fingerprint density at radius 3 is 2.58 bits per heavy atom. The van der Waals surface area contributed by atoms with Crippen LogP contribution in [0.2, 0.25) is 5.02 Å². The average molecular weight is 533 g/mol. The molecule has 1 aliphatic rings. The Hall–Kier alpha value is -3.84. The molecule has 1 amide bonds. The van der Waals surface area contributed by atoms with E-state index in [1.165, 1.54) is 4.90 Å². The van der Waals surface area contributed by atoms with Crippen LogP contribution >= 0.6 is 11.6 Å². The Bertz CT molecular complexity index is 1560. The molecular formula is C30H29ClN2O5. The van der Waals surface area contributed by atoms with E-state index in [1.54, 1.807) is 30.5 Å². The quantitative estimate of drug-likeness (QED) is 0.250. The first-order valence-corrected chi connectivity index (χ1v) is 13.1. The maximum atomic E-state index is 13.8. The van der Waals surface area contributed by atoms with Crippen LogP contribution in [-0.4, -0.2) is 24.1 Å². The van der Waals surface area contributed by atoms with Gasteiger partial charge in [-0.05, 0) is 73.7 Å². The summed E-state index contributed by atoms with van der Waals surface area (Å²) in [4.78, 5) is 33.6. The van der Waals surface area contributed by atoms with Crippen LogP contribution in [-0.2, 0) is 0 Å². The van der Waals surface area contributed by atoms with Gasteiger partial charge in [0.05, 0.1) is 30.2 Å². The van der Waals surface area contributed by atoms with Crippen molar-refractivity contribution in [1.29, 1.82) is 0 Å². The number of fused-ring (bicyclic) bond motifs is 2. The molecule has 0 radical (unpaired) electrons. The topological polar surface area (TPSA) is 81.9 Å². The maximum absolute atomic E-state index is 13.8. The van der Waals surface area contributed by atoms with Gasteiger partial charge >= 0.3 is 0 Å². The number of hydrogen-bond acceptors (Lipinski definition) is 6. The molecule has 4 aromatic rings. The van der Waals surface area contributed by atoms with Crippen LogP contribution in [0.25, 0.3) is 11.0 Å². The van der Waals surface area contributed by atoms with Gasteiger partial charge in [0.1, 0.15) is 11.4 Å². The Balaban J connectivity index is 1.69. The van der Waals surface area contributed by atoms with Crippen molar-refractivity contribution in [3.8, 4) is 11.5 Å². The fraction of sp³-hybridized carbons (Fsp3) is 0.300. The molecule has 1 aliphatic heterocycles. The van der Waals surface area contributed by atoms with Gasteiger partial charge in [0.15, 0.2) is 16.9 Å². The number of amides is 1. The first kappa shape index (κ1) is 25.8. The van der Waals surface area contributed by atoms with Crippen molar-refractivity contribution in [3.05, 3.63) is 92.4 Å². The summed E-state index contributed by atoms with van der Waals surface area (Å²) in [5.74, 6) is 1.62. The average Bonchev–Trinajstić information content (AvgIpc) is 3.18. The van der Waals surface area contributed by atoms with Gasteiger partial charge in [-0.1, -0.05) is 37.6 Å². The fourth-order valence-corrected chi connectivity index (χ4v) is 4.76. The number of anilines is 1. The molecule has 5 rings (SSSR count). The highest BCUT2D eigenvalue weighted by Gasteiger charge is 2.44. The molecule has 7 nitrogen and oxygen atoms in total. The standard InChI is InChI=1S/C30H29ClN2O5/c1-5-36-24-14-19(7-9-23(24)37-13-12-17(2)3)27-26-28(34)21-15-20(31)8-10-22(21)38-29(26)30(35)33(27)25-11-6-18(4)16-32-25/h6-11,14-17,27H,5,12-13H2,1-4H3. The van der Waals surface area contributed by atoms with Crippen LogP contribution in [0, 0.1) is 12.8 Å². The number of nitrogens with zero attached hydrogens (tertiary/aromatic N) is 2. The minimum Gasteiger partial charge on any atom is -0.490 e. The molecule has 0 fully saturated rings. The molecule has 0 spiro atoms. The van der Waals surface area contributed by atoms with Crippen molar-refractivity contribution in [2.24, 2.45) is 5.92 Å². The summed E-state index contributed by atoms with van der Waals surface area (Å²) in [5.41, 5.74) is 1.85. The molecule has 0 saturated carbocycles. The molecule has 38 heavy (non-hydrogen) atoms. The third-order valence-corrected chi connectivity index (χ3v) is 6.75. The van der Waals surface area contributed by atoms with Gasteiger partial charge in [0.2, 0.25) is 5.76 Å². The number of pyridine rings is 1. The van der Waals surface area contributed by atoms with E-state index in [4.69, 9.17) is 25.5 Å². The molecule has 196 valence electrons. The summed E-state index contributed by atoms with van der Waals surface area (Å²) < 4.78 is 18.0. The zero-order chi connectivity index (χ0) is 27.0. The van der Waals surface area contributed by atoms with Crippen molar-refractivity contribution < 1.29 is 18.7 Å². The molecule has 0 bridgehead atoms. The molecule has 0 saturated heterocycles. The summed E-state index contributed by atoms with van der Waals surface area (Å²) in [5, 5.41) is 0.718. The zero-order valence-electron chi connectivity index (χ0n) is 21.8. The second-order valence-corrected chi connectivity index (χ2v) is 10.2. The van der Waals surface area contributed by atoms with Crippen LogP contribution in [0.1, 0.15) is 60.5 Å². The van der Waals surface area contributed by atoms with Gasteiger partial charge in [-0.25, -0.2) is 4.98 Å². The summed E-state index contributed by atoms with van der Waals surface area (Å²) in [6.45, 7) is 9.08. The third kappa shape index (κ3) is 4.74. The minimum absolute atomic E-state index is 0.00702. The second-order valence-electron chi connectivity index (χ2n) is 9.76. The number of ether oxygens (including phenoxy) is 2. The molecule has 3 heterocycles. The predicted octanol–water partition coefficient (Wildman–Crippen LogP) is 6.72. The Morgan fingerprint density at radius 2 is 1.87 bits per heavy atom. The highest BCUT2D eigenvalue weighted by molar-refractivity contribution is 6.31. The molecule has 1 unspecified atom stereocenters. The first-order valence-electron chi connectivity index (χ1n) is 12.7. The van der Waals surface area contributed by atoms with E-state index in [-0.39, 0.29) is 16.8 Å². The number of carbonyl (C=O) groups is 1. The van der Waals surface area contributed by atoms with Gasteiger partial charge in [0, 0.05) is 11.2 Å². The highest BCUT2D eigenvalue weighted by atomic mass is 35.5. The lowest BCUT2D eigenvalue weighted by Gasteiger charge is -2.25. The molecule has 2 aromatic heterocycles. The lowest BCUT2D eigenvalue weighted by atomic mass is 9.98. The summed E-state index contributed by atoms with van der Waals surface area (Å²) in [7, 11) is 0. The van der Waals surface area contributed by atoms with E-state index in [1.807, 2.05) is 38.1 Å². The fourth-order valence-electron chi connectivity index (χ4n) is 4.59. The lowest BCUT2D eigenvalue weighted by molar-refractivity contribution is 0.0970. The van der Waals surface area contributed by atoms with Crippen molar-refractivity contribution in [1.82, 2.24) is 4.98 Å². The van der Waals surface area contributed by atoms with Gasteiger partial charge in [0.25, 0.3) is 5.91 Å². The number of aryl methyl sites for hydroxylation is 1. The van der Waals surface area contributed by atoms with Crippen molar-refractivity contribution in [2.45, 2.75) is 40.2 Å². The number of hydrogen-bond donors (Lipinski definition) is 0. The molecule has 0 N–H and O–H groups in total. The third-order valence-electron chi connectivity index (χ3n) is 6.51. The first-order chi connectivity index (χ1) is 18.3. The SMILES string of the molecule is CCOc1cc(C2c3c(oc4ccc(Cl)cc4c3=O)C(=O)N2c2ccc(C)cn2)ccc1OCCC(C)C. The molecule has 8 heteroatoms. The van der Waals surface area contributed by atoms with Crippen molar-refractivity contribution in [2.75, 3.05) is 18.1 Å². The number of benzene rings is 2. The van der Waals surface area contributed by atoms with Gasteiger partial charge < -0.3 is 13.9 Å².